The number of hydrogen-bond acceptors (Lipinski definition) is 3. The monoisotopic (exact) mass is 245 g/mol. The number of pyridine rings is 1. The highest BCUT2D eigenvalue weighted by Crippen LogP contribution is 2.33. The van der Waals surface area contributed by atoms with Gasteiger partial charge in [0.25, 0.3) is 0 Å². The molecule has 1 aromatic heterocycles. The van der Waals surface area contributed by atoms with Crippen LogP contribution in [0.2, 0.25) is 0 Å². The molecule has 0 radical (unpaired) electrons. The molecule has 1 aromatic rings. The van der Waals surface area contributed by atoms with Gasteiger partial charge >= 0.3 is 0 Å². The molecular weight excluding hydrogens is 226 g/mol. The van der Waals surface area contributed by atoms with Crippen LogP contribution in [0.25, 0.3) is 0 Å². The lowest BCUT2D eigenvalue weighted by Gasteiger charge is -2.22. The van der Waals surface area contributed by atoms with Gasteiger partial charge in [-0.2, -0.15) is 0 Å². The Morgan fingerprint density at radius 3 is 3.00 bits per heavy atom. The lowest BCUT2D eigenvalue weighted by molar-refractivity contribution is -0.126. The van der Waals surface area contributed by atoms with Gasteiger partial charge in [0.05, 0.1) is 17.7 Å². The molecule has 2 N–H and O–H groups in total. The van der Waals surface area contributed by atoms with Crippen molar-refractivity contribution in [2.75, 3.05) is 0 Å². The largest absolute Gasteiger partial charge is 0.348 e. The Morgan fingerprint density at radius 1 is 1.50 bits per heavy atom. The third-order valence-corrected chi connectivity index (χ3v) is 4.13. The van der Waals surface area contributed by atoms with Crippen molar-refractivity contribution in [3.63, 3.8) is 0 Å². The average molecular weight is 245 g/mol. The number of aromatic nitrogens is 1. The normalized spacial score (nSPS) is 31.3. The number of fused-ring (bicyclic) bond motifs is 2. The Balaban J connectivity index is 1.61. The summed E-state index contributed by atoms with van der Waals surface area (Å²) in [4.78, 5) is 16.5. The van der Waals surface area contributed by atoms with Crippen molar-refractivity contribution in [1.29, 1.82) is 0 Å². The fraction of sp³-hybridized carbons (Fsp3) is 0.571. The van der Waals surface area contributed by atoms with Crippen LogP contribution in [-0.4, -0.2) is 23.0 Å². The summed E-state index contributed by atoms with van der Waals surface area (Å²) in [7, 11) is 0. The maximum absolute atomic E-state index is 12.2. The number of carbonyl (C=O) groups excluding carboxylic acids is 1. The van der Waals surface area contributed by atoms with Crippen LogP contribution in [0.4, 0.5) is 0 Å². The number of rotatable bonds is 3. The molecule has 4 heteroatoms. The predicted octanol–water partition coefficient (Wildman–Crippen LogP) is 1.40. The van der Waals surface area contributed by atoms with Crippen molar-refractivity contribution in [3.05, 3.63) is 30.1 Å². The first-order valence-corrected chi connectivity index (χ1v) is 6.71. The molecule has 2 aliphatic heterocycles. The smallest absolute Gasteiger partial charge is 0.225 e. The van der Waals surface area contributed by atoms with Gasteiger partial charge < -0.3 is 10.6 Å². The molecule has 2 saturated heterocycles. The number of hydrogen-bond donors (Lipinski definition) is 2. The Hall–Kier alpha value is -1.42. The van der Waals surface area contributed by atoms with E-state index in [1.54, 1.807) is 6.20 Å². The Labute approximate surface area is 107 Å². The molecule has 18 heavy (non-hydrogen) atoms. The first-order valence-electron chi connectivity index (χ1n) is 6.71. The molecule has 1 amide bonds. The summed E-state index contributed by atoms with van der Waals surface area (Å²) in [5.74, 6) is 0.322. The summed E-state index contributed by atoms with van der Waals surface area (Å²) >= 11 is 0. The predicted molar refractivity (Wildman–Crippen MR) is 68.8 cm³/mol. The van der Waals surface area contributed by atoms with E-state index in [0.29, 0.717) is 12.1 Å². The standard InChI is InChI=1S/C14H19N3O/c1-9(12-4-2-3-7-15-12)16-14(18)11-8-10-5-6-13(11)17-10/h2-4,7,9-11,13,17H,5-6,8H2,1H3,(H,16,18)/t9-,10?,11?,13?/m0/s1. The van der Waals surface area contributed by atoms with Crippen LogP contribution in [0.1, 0.15) is 37.9 Å². The molecule has 3 heterocycles. The molecule has 2 aliphatic rings. The summed E-state index contributed by atoms with van der Waals surface area (Å²) in [6.07, 6.45) is 5.12. The molecule has 3 rings (SSSR count). The van der Waals surface area contributed by atoms with Gasteiger partial charge in [0.15, 0.2) is 0 Å². The Kier molecular flexibility index (Phi) is 3.04. The van der Waals surface area contributed by atoms with Crippen molar-refractivity contribution >= 4 is 5.91 Å². The SMILES string of the molecule is C[C@H](NC(=O)C1CC2CCC1N2)c1ccccn1. The van der Waals surface area contributed by atoms with Crippen LogP contribution < -0.4 is 10.6 Å². The van der Waals surface area contributed by atoms with Crippen molar-refractivity contribution in [2.24, 2.45) is 5.92 Å². The van der Waals surface area contributed by atoms with Gasteiger partial charge in [-0.05, 0) is 38.3 Å². The van der Waals surface area contributed by atoms with E-state index in [2.05, 4.69) is 15.6 Å². The van der Waals surface area contributed by atoms with E-state index >= 15 is 0 Å². The van der Waals surface area contributed by atoms with Crippen LogP contribution in [0, 0.1) is 5.92 Å². The van der Waals surface area contributed by atoms with Gasteiger partial charge in [-0.3, -0.25) is 9.78 Å². The molecule has 0 aliphatic carbocycles. The summed E-state index contributed by atoms with van der Waals surface area (Å²) in [6, 6.07) is 6.73. The van der Waals surface area contributed by atoms with E-state index in [9.17, 15) is 4.79 Å². The molecule has 0 spiro atoms. The van der Waals surface area contributed by atoms with Crippen LogP contribution in [0.5, 0.6) is 0 Å². The summed E-state index contributed by atoms with van der Waals surface area (Å²) in [5, 5.41) is 6.58. The second kappa shape index (κ2) is 4.69. The fourth-order valence-electron chi connectivity index (χ4n) is 3.14. The summed E-state index contributed by atoms with van der Waals surface area (Å²) in [6.45, 7) is 1.99. The molecule has 4 nitrogen and oxygen atoms in total. The van der Waals surface area contributed by atoms with Crippen LogP contribution >= 0.6 is 0 Å². The third kappa shape index (κ3) is 2.12. The second-order valence-corrected chi connectivity index (χ2v) is 5.37. The Bertz CT molecular complexity index is 434. The average Bonchev–Trinajstić information content (AvgIpc) is 3.02. The van der Waals surface area contributed by atoms with Crippen LogP contribution in [0.3, 0.4) is 0 Å². The van der Waals surface area contributed by atoms with E-state index in [0.717, 1.165) is 18.5 Å². The maximum atomic E-state index is 12.2. The Morgan fingerprint density at radius 2 is 2.39 bits per heavy atom. The topological polar surface area (TPSA) is 54.0 Å². The molecule has 0 aromatic carbocycles. The number of amides is 1. The quantitative estimate of drug-likeness (QED) is 0.846. The minimum absolute atomic E-state index is 0.0159. The zero-order chi connectivity index (χ0) is 12.5. The van der Waals surface area contributed by atoms with Crippen molar-refractivity contribution < 1.29 is 4.79 Å². The first-order chi connectivity index (χ1) is 8.74. The summed E-state index contributed by atoms with van der Waals surface area (Å²) < 4.78 is 0. The highest BCUT2D eigenvalue weighted by molar-refractivity contribution is 5.80. The molecule has 96 valence electrons. The van der Waals surface area contributed by atoms with E-state index in [1.807, 2.05) is 25.1 Å². The van der Waals surface area contributed by atoms with Gasteiger partial charge in [-0.15, -0.1) is 0 Å². The van der Waals surface area contributed by atoms with E-state index in [-0.39, 0.29) is 17.9 Å². The summed E-state index contributed by atoms with van der Waals surface area (Å²) in [5.41, 5.74) is 0.918. The molecule has 2 fully saturated rings. The maximum Gasteiger partial charge on any atom is 0.225 e. The van der Waals surface area contributed by atoms with E-state index in [1.165, 1.54) is 6.42 Å². The van der Waals surface area contributed by atoms with Gasteiger partial charge in [-0.25, -0.2) is 0 Å². The van der Waals surface area contributed by atoms with Crippen molar-refractivity contribution in [2.45, 2.75) is 44.3 Å². The van der Waals surface area contributed by atoms with Gasteiger partial charge in [-0.1, -0.05) is 6.07 Å². The minimum Gasteiger partial charge on any atom is -0.348 e. The van der Waals surface area contributed by atoms with Gasteiger partial charge in [0.1, 0.15) is 0 Å². The lowest BCUT2D eigenvalue weighted by Crippen LogP contribution is -2.38. The first kappa shape index (κ1) is 11.7. The minimum atomic E-state index is -0.0159. The van der Waals surface area contributed by atoms with Gasteiger partial charge in [0.2, 0.25) is 5.91 Å². The second-order valence-electron chi connectivity index (χ2n) is 5.37. The zero-order valence-corrected chi connectivity index (χ0v) is 10.6. The number of nitrogens with one attached hydrogen (secondary N) is 2. The number of carbonyl (C=O) groups is 1. The molecule has 0 saturated carbocycles. The van der Waals surface area contributed by atoms with E-state index < -0.39 is 0 Å². The molecule has 3 unspecified atom stereocenters. The zero-order valence-electron chi connectivity index (χ0n) is 10.6. The number of nitrogens with zero attached hydrogens (tertiary/aromatic N) is 1. The van der Waals surface area contributed by atoms with Crippen molar-refractivity contribution in [3.8, 4) is 0 Å². The van der Waals surface area contributed by atoms with Crippen molar-refractivity contribution in [1.82, 2.24) is 15.6 Å². The highest BCUT2D eigenvalue weighted by Gasteiger charge is 2.42. The fourth-order valence-corrected chi connectivity index (χ4v) is 3.14. The van der Waals surface area contributed by atoms with Crippen LogP contribution in [-0.2, 0) is 4.79 Å². The third-order valence-electron chi connectivity index (χ3n) is 4.13. The van der Waals surface area contributed by atoms with Crippen LogP contribution in [0.15, 0.2) is 24.4 Å². The van der Waals surface area contributed by atoms with E-state index in [4.69, 9.17) is 0 Å². The lowest BCUT2D eigenvalue weighted by atomic mass is 9.88. The van der Waals surface area contributed by atoms with Gasteiger partial charge in [0, 0.05) is 18.3 Å². The molecule has 4 atom stereocenters. The highest BCUT2D eigenvalue weighted by atomic mass is 16.2. The molecule has 2 bridgehead atoms. The molecular formula is C14H19N3O.